The van der Waals surface area contributed by atoms with E-state index in [1.54, 1.807) is 16.8 Å². The fourth-order valence-electron chi connectivity index (χ4n) is 3.28. The molecule has 0 fully saturated rings. The van der Waals surface area contributed by atoms with Crippen LogP contribution < -0.4 is 10.9 Å². The van der Waals surface area contributed by atoms with Crippen LogP contribution >= 0.6 is 0 Å². The Balaban J connectivity index is 1.24. The highest BCUT2D eigenvalue weighted by atomic mass is 19.1. The molecular formula is C22H18FN7O2. The van der Waals surface area contributed by atoms with E-state index in [4.69, 9.17) is 4.52 Å². The Hall–Kier alpha value is -4.34. The van der Waals surface area contributed by atoms with Gasteiger partial charge in [0.05, 0.1) is 11.9 Å². The van der Waals surface area contributed by atoms with E-state index in [1.165, 1.54) is 18.3 Å². The second kappa shape index (κ2) is 8.42. The molecule has 160 valence electrons. The first-order chi connectivity index (χ1) is 15.7. The van der Waals surface area contributed by atoms with Gasteiger partial charge in [-0.25, -0.2) is 9.07 Å². The Labute approximate surface area is 180 Å². The standard InChI is InChI=1S/C22H18FN7O2/c23-15-10-8-14(9-11-15)19-26-18(32-29-19)7-4-12-24-22-27-20-17(21(31)28-22)13-25-30(20)16-5-2-1-3-6-16/h1-3,5-6,8-11,13H,4,7,12H2,(H2,24,27,28,31). The molecule has 0 saturated heterocycles. The van der Waals surface area contributed by atoms with Crippen LogP contribution in [0.4, 0.5) is 10.3 Å². The molecule has 5 aromatic rings. The normalized spacial score (nSPS) is 11.2. The Bertz CT molecular complexity index is 1410. The van der Waals surface area contributed by atoms with Gasteiger partial charge < -0.3 is 9.84 Å². The number of aryl methyl sites for hydroxylation is 1. The molecule has 0 bridgehead atoms. The maximum Gasteiger partial charge on any atom is 0.263 e. The summed E-state index contributed by atoms with van der Waals surface area (Å²) < 4.78 is 19.9. The van der Waals surface area contributed by atoms with Crippen molar-refractivity contribution < 1.29 is 8.91 Å². The smallest absolute Gasteiger partial charge is 0.263 e. The van der Waals surface area contributed by atoms with Crippen LogP contribution in [0.5, 0.6) is 0 Å². The average Bonchev–Trinajstić information content (AvgIpc) is 3.46. The molecule has 2 aromatic carbocycles. The Morgan fingerprint density at radius 1 is 1.06 bits per heavy atom. The second-order valence-corrected chi connectivity index (χ2v) is 7.09. The van der Waals surface area contributed by atoms with Gasteiger partial charge in [-0.05, 0) is 42.8 Å². The minimum absolute atomic E-state index is 0.263. The van der Waals surface area contributed by atoms with E-state index in [0.29, 0.717) is 53.6 Å². The van der Waals surface area contributed by atoms with Gasteiger partial charge in [-0.3, -0.25) is 9.78 Å². The quantitative estimate of drug-likeness (QED) is 0.380. The predicted molar refractivity (Wildman–Crippen MR) is 116 cm³/mol. The van der Waals surface area contributed by atoms with E-state index >= 15 is 0 Å². The molecule has 0 radical (unpaired) electrons. The SMILES string of the molecule is O=c1[nH]c(NCCCc2nc(-c3ccc(F)cc3)no2)nc2c1cnn2-c1ccccc1. The van der Waals surface area contributed by atoms with E-state index in [-0.39, 0.29) is 11.4 Å². The van der Waals surface area contributed by atoms with Crippen molar-refractivity contribution in [1.82, 2.24) is 29.9 Å². The zero-order valence-electron chi connectivity index (χ0n) is 16.8. The summed E-state index contributed by atoms with van der Waals surface area (Å²) in [6.45, 7) is 0.530. The molecule has 0 atom stereocenters. The first kappa shape index (κ1) is 19.6. The number of aromatic nitrogens is 6. The minimum Gasteiger partial charge on any atom is -0.356 e. The van der Waals surface area contributed by atoms with Gasteiger partial charge in [0.2, 0.25) is 17.7 Å². The summed E-state index contributed by atoms with van der Waals surface area (Å²) in [7, 11) is 0. The lowest BCUT2D eigenvalue weighted by atomic mass is 10.2. The molecule has 0 amide bonds. The maximum absolute atomic E-state index is 13.1. The Morgan fingerprint density at radius 2 is 1.88 bits per heavy atom. The number of fused-ring (bicyclic) bond motifs is 1. The van der Waals surface area contributed by atoms with E-state index in [0.717, 1.165) is 5.69 Å². The van der Waals surface area contributed by atoms with Gasteiger partial charge in [0, 0.05) is 18.5 Å². The first-order valence-electron chi connectivity index (χ1n) is 10.0. The third-order valence-electron chi connectivity index (χ3n) is 4.87. The molecule has 3 heterocycles. The van der Waals surface area contributed by atoms with E-state index in [9.17, 15) is 9.18 Å². The van der Waals surface area contributed by atoms with Gasteiger partial charge in [0.15, 0.2) is 5.65 Å². The molecule has 5 rings (SSSR count). The van der Waals surface area contributed by atoms with Crippen molar-refractivity contribution in [1.29, 1.82) is 0 Å². The van der Waals surface area contributed by atoms with Crippen molar-refractivity contribution >= 4 is 17.0 Å². The third-order valence-corrected chi connectivity index (χ3v) is 4.87. The molecule has 0 spiro atoms. The number of aromatic amines is 1. The van der Waals surface area contributed by atoms with Gasteiger partial charge in [-0.15, -0.1) is 0 Å². The molecular weight excluding hydrogens is 413 g/mol. The number of anilines is 1. The van der Waals surface area contributed by atoms with Crippen LogP contribution in [-0.2, 0) is 6.42 Å². The van der Waals surface area contributed by atoms with E-state index in [2.05, 4.69) is 30.5 Å². The zero-order chi connectivity index (χ0) is 21.9. The van der Waals surface area contributed by atoms with Crippen molar-refractivity contribution in [2.24, 2.45) is 0 Å². The number of para-hydroxylation sites is 1. The molecule has 32 heavy (non-hydrogen) atoms. The molecule has 3 aromatic heterocycles. The van der Waals surface area contributed by atoms with Crippen molar-refractivity contribution in [2.75, 3.05) is 11.9 Å². The number of nitrogens with zero attached hydrogens (tertiary/aromatic N) is 5. The van der Waals surface area contributed by atoms with Crippen LogP contribution in [0.15, 0.2) is 70.1 Å². The van der Waals surface area contributed by atoms with Gasteiger partial charge in [0.25, 0.3) is 5.56 Å². The monoisotopic (exact) mass is 431 g/mol. The van der Waals surface area contributed by atoms with Crippen LogP contribution in [0.2, 0.25) is 0 Å². The number of hydrogen-bond donors (Lipinski definition) is 2. The molecule has 0 unspecified atom stereocenters. The van der Waals surface area contributed by atoms with E-state index < -0.39 is 0 Å². The highest BCUT2D eigenvalue weighted by Gasteiger charge is 2.12. The van der Waals surface area contributed by atoms with E-state index in [1.807, 2.05) is 30.3 Å². The Kier molecular flexibility index (Phi) is 5.16. The molecule has 9 nitrogen and oxygen atoms in total. The van der Waals surface area contributed by atoms with Crippen LogP contribution in [0.3, 0.4) is 0 Å². The third kappa shape index (κ3) is 3.97. The lowest BCUT2D eigenvalue weighted by molar-refractivity contribution is 0.377. The summed E-state index contributed by atoms with van der Waals surface area (Å²) in [5, 5.41) is 11.8. The molecule has 10 heteroatoms. The lowest BCUT2D eigenvalue weighted by Gasteiger charge is -2.06. The number of benzene rings is 2. The zero-order valence-corrected chi connectivity index (χ0v) is 16.8. The number of halogens is 1. The van der Waals surface area contributed by atoms with Crippen molar-refractivity contribution in [3.63, 3.8) is 0 Å². The summed E-state index contributed by atoms with van der Waals surface area (Å²) in [4.78, 5) is 24.0. The summed E-state index contributed by atoms with van der Waals surface area (Å²) in [5.41, 5.74) is 1.72. The summed E-state index contributed by atoms with van der Waals surface area (Å²) in [6.07, 6.45) is 2.71. The van der Waals surface area contributed by atoms with Crippen molar-refractivity contribution in [2.45, 2.75) is 12.8 Å². The molecule has 0 saturated carbocycles. The van der Waals surface area contributed by atoms with Crippen LogP contribution in [0.1, 0.15) is 12.3 Å². The highest BCUT2D eigenvalue weighted by molar-refractivity contribution is 5.76. The Morgan fingerprint density at radius 3 is 2.69 bits per heavy atom. The number of rotatable bonds is 7. The minimum atomic E-state index is -0.319. The molecule has 0 aliphatic rings. The molecule has 0 aliphatic heterocycles. The molecule has 2 N–H and O–H groups in total. The first-order valence-corrected chi connectivity index (χ1v) is 10.0. The van der Waals surface area contributed by atoms with Crippen LogP contribution in [0.25, 0.3) is 28.1 Å². The number of nitrogens with one attached hydrogen (secondary N) is 2. The second-order valence-electron chi connectivity index (χ2n) is 7.09. The van der Waals surface area contributed by atoms with Gasteiger partial charge in [-0.1, -0.05) is 23.4 Å². The van der Waals surface area contributed by atoms with Crippen LogP contribution in [-0.4, -0.2) is 36.4 Å². The lowest BCUT2D eigenvalue weighted by Crippen LogP contribution is -2.14. The fourth-order valence-corrected chi connectivity index (χ4v) is 3.28. The van der Waals surface area contributed by atoms with Gasteiger partial charge in [-0.2, -0.15) is 15.1 Å². The van der Waals surface area contributed by atoms with Crippen molar-refractivity contribution in [3.05, 3.63) is 82.9 Å². The highest BCUT2D eigenvalue weighted by Crippen LogP contribution is 2.17. The number of hydrogen-bond acceptors (Lipinski definition) is 7. The number of H-pyrrole nitrogens is 1. The maximum atomic E-state index is 13.1. The fraction of sp³-hybridized carbons (Fsp3) is 0.136. The summed E-state index contributed by atoms with van der Waals surface area (Å²) in [6, 6.07) is 15.4. The van der Waals surface area contributed by atoms with Crippen LogP contribution in [0, 0.1) is 5.82 Å². The van der Waals surface area contributed by atoms with Crippen molar-refractivity contribution in [3.8, 4) is 17.1 Å². The predicted octanol–water partition coefficient (Wildman–Crippen LogP) is 3.34. The summed E-state index contributed by atoms with van der Waals surface area (Å²) in [5.74, 6) is 0.932. The average molecular weight is 431 g/mol. The topological polar surface area (TPSA) is 115 Å². The largest absolute Gasteiger partial charge is 0.356 e. The summed E-state index contributed by atoms with van der Waals surface area (Å²) >= 11 is 0. The van der Waals surface area contributed by atoms with Gasteiger partial charge in [0.1, 0.15) is 11.2 Å². The van der Waals surface area contributed by atoms with Gasteiger partial charge >= 0.3 is 0 Å². The molecule has 0 aliphatic carbocycles.